The van der Waals surface area contributed by atoms with Crippen molar-refractivity contribution in [2.75, 3.05) is 20.2 Å². The highest BCUT2D eigenvalue weighted by Crippen LogP contribution is 2.13. The number of esters is 1. The molecule has 19 heavy (non-hydrogen) atoms. The molecule has 0 saturated carbocycles. The zero-order chi connectivity index (χ0) is 14.3. The number of methoxy groups -OCH3 is 1. The van der Waals surface area contributed by atoms with Crippen molar-refractivity contribution in [1.29, 1.82) is 0 Å². The van der Waals surface area contributed by atoms with E-state index in [1.54, 1.807) is 12.1 Å². The highest BCUT2D eigenvalue weighted by molar-refractivity contribution is 5.71. The Labute approximate surface area is 113 Å². The second kappa shape index (κ2) is 7.86. The zero-order valence-corrected chi connectivity index (χ0v) is 11.5. The summed E-state index contributed by atoms with van der Waals surface area (Å²) in [5, 5.41) is 0. The molecule has 0 unspecified atom stereocenters. The van der Waals surface area contributed by atoms with E-state index in [0.717, 1.165) is 12.0 Å². The Kier molecular flexibility index (Phi) is 6.45. The number of carbonyl (C=O) groups is 1. The molecule has 0 aliphatic heterocycles. The van der Waals surface area contributed by atoms with Crippen LogP contribution < -0.4 is 5.73 Å². The lowest BCUT2D eigenvalue weighted by molar-refractivity contribution is -0.142. The molecule has 0 aliphatic rings. The van der Waals surface area contributed by atoms with Crippen molar-refractivity contribution >= 4 is 5.97 Å². The van der Waals surface area contributed by atoms with Crippen molar-refractivity contribution in [3.05, 3.63) is 35.1 Å². The molecule has 1 aromatic rings. The van der Waals surface area contributed by atoms with E-state index in [1.165, 1.54) is 13.2 Å². The van der Waals surface area contributed by atoms with E-state index >= 15 is 0 Å². The fourth-order valence-corrected chi connectivity index (χ4v) is 1.86. The number of halogens is 1. The standard InChI is InChI=1S/C14H21FN2O2/c1-3-6-17(10-14(18)19-2)9-12-5-4-11(8-16)7-13(12)15/h4-5,7H,3,6,8-10,16H2,1-2H3. The van der Waals surface area contributed by atoms with Crippen molar-refractivity contribution < 1.29 is 13.9 Å². The van der Waals surface area contributed by atoms with Gasteiger partial charge in [0.2, 0.25) is 0 Å². The Balaban J connectivity index is 2.75. The first kappa shape index (κ1) is 15.6. The van der Waals surface area contributed by atoms with Crippen LogP contribution in [0.4, 0.5) is 4.39 Å². The Hall–Kier alpha value is -1.46. The van der Waals surface area contributed by atoms with E-state index in [4.69, 9.17) is 5.73 Å². The number of hydrogen-bond donors (Lipinski definition) is 1. The Bertz CT molecular complexity index is 424. The van der Waals surface area contributed by atoms with Crippen LogP contribution in [0.1, 0.15) is 24.5 Å². The smallest absolute Gasteiger partial charge is 0.319 e. The topological polar surface area (TPSA) is 55.6 Å². The molecule has 4 nitrogen and oxygen atoms in total. The molecule has 0 aromatic heterocycles. The lowest BCUT2D eigenvalue weighted by atomic mass is 10.1. The van der Waals surface area contributed by atoms with Crippen LogP contribution in [-0.2, 0) is 22.6 Å². The summed E-state index contributed by atoms with van der Waals surface area (Å²) >= 11 is 0. The van der Waals surface area contributed by atoms with Crippen LogP contribution in [0.2, 0.25) is 0 Å². The molecule has 5 heteroatoms. The van der Waals surface area contributed by atoms with E-state index in [0.29, 0.717) is 25.2 Å². The first-order valence-corrected chi connectivity index (χ1v) is 6.37. The summed E-state index contributed by atoms with van der Waals surface area (Å²) in [6.45, 7) is 3.60. The first-order valence-electron chi connectivity index (χ1n) is 6.37. The molecular formula is C14H21FN2O2. The van der Waals surface area contributed by atoms with Gasteiger partial charge in [-0.05, 0) is 24.6 Å². The third kappa shape index (κ3) is 4.96. The van der Waals surface area contributed by atoms with E-state index in [-0.39, 0.29) is 18.3 Å². The maximum atomic E-state index is 13.9. The Morgan fingerprint density at radius 1 is 1.47 bits per heavy atom. The maximum absolute atomic E-state index is 13.9. The van der Waals surface area contributed by atoms with Gasteiger partial charge < -0.3 is 10.5 Å². The number of hydrogen-bond acceptors (Lipinski definition) is 4. The van der Waals surface area contributed by atoms with Gasteiger partial charge >= 0.3 is 5.97 Å². The van der Waals surface area contributed by atoms with E-state index in [2.05, 4.69) is 4.74 Å². The molecule has 1 aromatic carbocycles. The maximum Gasteiger partial charge on any atom is 0.319 e. The highest BCUT2D eigenvalue weighted by Gasteiger charge is 2.13. The van der Waals surface area contributed by atoms with Crippen LogP contribution >= 0.6 is 0 Å². The summed E-state index contributed by atoms with van der Waals surface area (Å²) in [5.74, 6) is -0.596. The molecule has 0 aliphatic carbocycles. The first-order chi connectivity index (χ1) is 9.10. The molecule has 0 saturated heterocycles. The van der Waals surface area contributed by atoms with Gasteiger partial charge in [-0.3, -0.25) is 9.69 Å². The van der Waals surface area contributed by atoms with Crippen molar-refractivity contribution in [2.24, 2.45) is 5.73 Å². The van der Waals surface area contributed by atoms with Gasteiger partial charge in [0.25, 0.3) is 0 Å². The van der Waals surface area contributed by atoms with Crippen LogP contribution in [0.5, 0.6) is 0 Å². The van der Waals surface area contributed by atoms with Gasteiger partial charge in [-0.15, -0.1) is 0 Å². The molecule has 1 rings (SSSR count). The largest absolute Gasteiger partial charge is 0.468 e. The molecular weight excluding hydrogens is 247 g/mol. The van der Waals surface area contributed by atoms with Crippen LogP contribution in [0.15, 0.2) is 18.2 Å². The second-order valence-electron chi connectivity index (χ2n) is 4.42. The van der Waals surface area contributed by atoms with Gasteiger partial charge in [-0.1, -0.05) is 19.1 Å². The molecule has 0 bridgehead atoms. The van der Waals surface area contributed by atoms with E-state index in [9.17, 15) is 9.18 Å². The molecule has 0 radical (unpaired) electrons. The minimum absolute atomic E-state index is 0.169. The average Bonchev–Trinajstić information content (AvgIpc) is 2.41. The molecule has 0 spiro atoms. The highest BCUT2D eigenvalue weighted by atomic mass is 19.1. The van der Waals surface area contributed by atoms with Crippen LogP contribution in [0, 0.1) is 5.82 Å². The average molecular weight is 268 g/mol. The van der Waals surface area contributed by atoms with Crippen molar-refractivity contribution in [3.63, 3.8) is 0 Å². The lowest BCUT2D eigenvalue weighted by Crippen LogP contribution is -2.31. The van der Waals surface area contributed by atoms with Crippen molar-refractivity contribution in [3.8, 4) is 0 Å². The van der Waals surface area contributed by atoms with Gasteiger partial charge in [-0.2, -0.15) is 0 Å². The molecule has 106 valence electrons. The zero-order valence-electron chi connectivity index (χ0n) is 11.5. The lowest BCUT2D eigenvalue weighted by Gasteiger charge is -2.20. The summed E-state index contributed by atoms with van der Waals surface area (Å²) in [7, 11) is 1.35. The molecule has 0 amide bonds. The van der Waals surface area contributed by atoms with Gasteiger partial charge in [0.15, 0.2) is 0 Å². The number of carbonyl (C=O) groups excluding carboxylic acids is 1. The summed E-state index contributed by atoms with van der Waals surface area (Å²) in [6.07, 6.45) is 0.888. The molecule has 2 N–H and O–H groups in total. The third-order valence-corrected chi connectivity index (χ3v) is 2.87. The van der Waals surface area contributed by atoms with Crippen LogP contribution in [0.25, 0.3) is 0 Å². The number of benzene rings is 1. The predicted molar refractivity (Wildman–Crippen MR) is 71.9 cm³/mol. The summed E-state index contributed by atoms with van der Waals surface area (Å²) in [5.41, 5.74) is 6.79. The van der Waals surface area contributed by atoms with Gasteiger partial charge in [0, 0.05) is 18.7 Å². The van der Waals surface area contributed by atoms with E-state index < -0.39 is 0 Å². The normalized spacial score (nSPS) is 10.8. The summed E-state index contributed by atoms with van der Waals surface area (Å²) < 4.78 is 18.5. The third-order valence-electron chi connectivity index (χ3n) is 2.87. The summed E-state index contributed by atoms with van der Waals surface area (Å²) in [4.78, 5) is 13.2. The SMILES string of the molecule is CCCN(CC(=O)OC)Cc1ccc(CN)cc1F. The minimum atomic E-state index is -0.313. The summed E-state index contributed by atoms with van der Waals surface area (Å²) in [6, 6.07) is 4.97. The quantitative estimate of drug-likeness (QED) is 0.764. The van der Waals surface area contributed by atoms with Gasteiger partial charge in [0.05, 0.1) is 13.7 Å². The predicted octanol–water partition coefficient (Wildman–Crippen LogP) is 1.67. The molecule has 0 fully saturated rings. The monoisotopic (exact) mass is 268 g/mol. The van der Waals surface area contributed by atoms with Crippen LogP contribution in [0.3, 0.4) is 0 Å². The number of nitrogens with two attached hydrogens (primary N) is 1. The second-order valence-corrected chi connectivity index (χ2v) is 4.42. The fourth-order valence-electron chi connectivity index (χ4n) is 1.86. The molecule has 0 atom stereocenters. The minimum Gasteiger partial charge on any atom is -0.468 e. The number of ether oxygens (including phenoxy) is 1. The Morgan fingerprint density at radius 3 is 2.74 bits per heavy atom. The Morgan fingerprint density at radius 2 is 2.21 bits per heavy atom. The van der Waals surface area contributed by atoms with Crippen LogP contribution in [-0.4, -0.2) is 31.1 Å². The fraction of sp³-hybridized carbons (Fsp3) is 0.500. The molecule has 0 heterocycles. The van der Waals surface area contributed by atoms with Crippen molar-refractivity contribution in [1.82, 2.24) is 4.90 Å². The number of nitrogens with zero attached hydrogens (tertiary/aromatic N) is 1. The van der Waals surface area contributed by atoms with Gasteiger partial charge in [0.1, 0.15) is 5.82 Å². The van der Waals surface area contributed by atoms with E-state index in [1.807, 2.05) is 11.8 Å². The van der Waals surface area contributed by atoms with Gasteiger partial charge in [-0.25, -0.2) is 4.39 Å². The van der Waals surface area contributed by atoms with Crippen molar-refractivity contribution in [2.45, 2.75) is 26.4 Å². The number of rotatable bonds is 7.